The molecule has 2 rings (SSSR count). The molecule has 0 unspecified atom stereocenters. The summed E-state index contributed by atoms with van der Waals surface area (Å²) in [4.78, 5) is 48.7. The largest absolute Gasteiger partial charge is 0.275 e. The molecule has 4 amide bonds. The van der Waals surface area contributed by atoms with E-state index in [1.54, 1.807) is 0 Å². The minimum absolute atomic E-state index is 0.260. The number of carbonyl (C=O) groups is 4. The van der Waals surface area contributed by atoms with Crippen LogP contribution in [0.3, 0.4) is 0 Å². The quantitative estimate of drug-likeness (QED) is 0.523. The van der Waals surface area contributed by atoms with E-state index in [1.807, 2.05) is 13.8 Å². The highest BCUT2D eigenvalue weighted by Gasteiger charge is 2.36. The zero-order valence-electron chi connectivity index (χ0n) is 12.9. The van der Waals surface area contributed by atoms with Crippen molar-refractivity contribution in [2.45, 2.75) is 45.1 Å². The minimum atomic E-state index is -0.529. The van der Waals surface area contributed by atoms with Crippen LogP contribution in [0.25, 0.3) is 0 Å². The van der Waals surface area contributed by atoms with Crippen LogP contribution in [0.2, 0.25) is 0 Å². The van der Waals surface area contributed by atoms with Gasteiger partial charge in [-0.3, -0.25) is 29.0 Å². The van der Waals surface area contributed by atoms with E-state index in [2.05, 4.69) is 0 Å². The van der Waals surface area contributed by atoms with Gasteiger partial charge in [-0.2, -0.15) is 0 Å². The van der Waals surface area contributed by atoms with Crippen molar-refractivity contribution >= 4 is 23.6 Å². The SMILES string of the molecule is CC(C)(CCCCCN1C(=O)C=CC1=O)N1C(=O)C=CC1=O. The van der Waals surface area contributed by atoms with Crippen LogP contribution in [0.15, 0.2) is 24.3 Å². The molecule has 2 heterocycles. The zero-order valence-corrected chi connectivity index (χ0v) is 12.9. The molecule has 0 spiro atoms. The molecule has 0 aliphatic carbocycles. The number of rotatable bonds is 7. The summed E-state index contributed by atoms with van der Waals surface area (Å²) in [6, 6.07) is 0. The number of nitrogens with zero attached hydrogens (tertiary/aromatic N) is 2. The lowest BCUT2D eigenvalue weighted by Crippen LogP contribution is -2.47. The van der Waals surface area contributed by atoms with E-state index in [1.165, 1.54) is 34.1 Å². The summed E-state index contributed by atoms with van der Waals surface area (Å²) in [5, 5.41) is 0. The normalized spacial score (nSPS) is 18.3. The topological polar surface area (TPSA) is 74.8 Å². The second-order valence-corrected chi connectivity index (χ2v) is 6.13. The maximum Gasteiger partial charge on any atom is 0.254 e. The van der Waals surface area contributed by atoms with Gasteiger partial charge in [0.05, 0.1) is 0 Å². The molecule has 0 saturated carbocycles. The molecule has 0 N–H and O–H groups in total. The van der Waals surface area contributed by atoms with Crippen LogP contribution in [0, 0.1) is 0 Å². The third kappa shape index (κ3) is 3.32. The second-order valence-electron chi connectivity index (χ2n) is 6.13. The Hall–Kier alpha value is -2.24. The molecule has 0 aromatic heterocycles. The molecule has 0 fully saturated rings. The van der Waals surface area contributed by atoms with Crippen molar-refractivity contribution < 1.29 is 19.2 Å². The molecular formula is C16H20N2O4. The molecule has 0 aromatic carbocycles. The van der Waals surface area contributed by atoms with Crippen molar-refractivity contribution in [1.29, 1.82) is 0 Å². The summed E-state index contributed by atoms with van der Waals surface area (Å²) in [5.41, 5.74) is -0.529. The van der Waals surface area contributed by atoms with Gasteiger partial charge in [-0.15, -0.1) is 0 Å². The molecule has 0 atom stereocenters. The Kier molecular flexibility index (Phi) is 4.59. The number of hydrogen-bond donors (Lipinski definition) is 0. The van der Waals surface area contributed by atoms with Gasteiger partial charge in [0, 0.05) is 36.4 Å². The molecule has 0 aromatic rings. The van der Waals surface area contributed by atoms with Gasteiger partial charge in [0.1, 0.15) is 0 Å². The number of amides is 4. The lowest BCUT2D eigenvalue weighted by atomic mass is 9.94. The monoisotopic (exact) mass is 304 g/mol. The van der Waals surface area contributed by atoms with E-state index in [9.17, 15) is 19.2 Å². The van der Waals surface area contributed by atoms with Gasteiger partial charge < -0.3 is 0 Å². The van der Waals surface area contributed by atoms with Gasteiger partial charge in [0.15, 0.2) is 0 Å². The average molecular weight is 304 g/mol. The predicted octanol–water partition coefficient (Wildman–Crippen LogP) is 1.18. The number of unbranched alkanes of at least 4 members (excludes halogenated alkanes) is 2. The highest BCUT2D eigenvalue weighted by atomic mass is 16.2. The lowest BCUT2D eigenvalue weighted by Gasteiger charge is -2.34. The first-order valence-electron chi connectivity index (χ1n) is 7.43. The highest BCUT2D eigenvalue weighted by Crippen LogP contribution is 2.25. The summed E-state index contributed by atoms with van der Waals surface area (Å²) in [7, 11) is 0. The third-order valence-electron chi connectivity index (χ3n) is 3.99. The van der Waals surface area contributed by atoms with E-state index in [4.69, 9.17) is 0 Å². The summed E-state index contributed by atoms with van der Waals surface area (Å²) >= 11 is 0. The average Bonchev–Trinajstić information content (AvgIpc) is 2.94. The highest BCUT2D eigenvalue weighted by molar-refractivity contribution is 6.13. The van der Waals surface area contributed by atoms with E-state index >= 15 is 0 Å². The Morgan fingerprint density at radius 1 is 0.773 bits per heavy atom. The van der Waals surface area contributed by atoms with Gasteiger partial charge in [0.2, 0.25) is 0 Å². The van der Waals surface area contributed by atoms with E-state index < -0.39 is 5.54 Å². The van der Waals surface area contributed by atoms with Crippen molar-refractivity contribution in [2.75, 3.05) is 6.54 Å². The molecule has 0 bridgehead atoms. The third-order valence-corrected chi connectivity index (χ3v) is 3.99. The van der Waals surface area contributed by atoms with Crippen LogP contribution in [0.5, 0.6) is 0 Å². The van der Waals surface area contributed by atoms with Gasteiger partial charge in [-0.1, -0.05) is 12.8 Å². The van der Waals surface area contributed by atoms with Crippen LogP contribution < -0.4 is 0 Å². The van der Waals surface area contributed by atoms with E-state index in [-0.39, 0.29) is 23.6 Å². The summed E-state index contributed by atoms with van der Waals surface area (Å²) < 4.78 is 0. The fraction of sp³-hybridized carbons (Fsp3) is 0.500. The van der Waals surface area contributed by atoms with Gasteiger partial charge >= 0.3 is 0 Å². The van der Waals surface area contributed by atoms with Crippen LogP contribution in [-0.4, -0.2) is 45.5 Å². The molecule has 0 saturated heterocycles. The first-order chi connectivity index (χ1) is 10.3. The zero-order chi connectivity index (χ0) is 16.3. The Bertz CT molecular complexity index is 539. The Labute approximate surface area is 129 Å². The van der Waals surface area contributed by atoms with Crippen molar-refractivity contribution in [1.82, 2.24) is 9.80 Å². The van der Waals surface area contributed by atoms with Crippen molar-refractivity contribution in [2.24, 2.45) is 0 Å². The fourth-order valence-corrected chi connectivity index (χ4v) is 2.76. The Morgan fingerprint density at radius 2 is 1.27 bits per heavy atom. The molecule has 2 aliphatic rings. The first kappa shape index (κ1) is 16.1. The first-order valence-corrected chi connectivity index (χ1v) is 7.43. The Morgan fingerprint density at radius 3 is 1.82 bits per heavy atom. The lowest BCUT2D eigenvalue weighted by molar-refractivity contribution is -0.143. The molecule has 0 radical (unpaired) electrons. The van der Waals surface area contributed by atoms with Crippen molar-refractivity contribution in [3.63, 3.8) is 0 Å². The maximum absolute atomic E-state index is 11.7. The summed E-state index contributed by atoms with van der Waals surface area (Å²) in [6.07, 6.45) is 8.19. The fourth-order valence-electron chi connectivity index (χ4n) is 2.76. The molecule has 2 aliphatic heterocycles. The van der Waals surface area contributed by atoms with Crippen LogP contribution in [-0.2, 0) is 19.2 Å². The molecule has 6 heteroatoms. The van der Waals surface area contributed by atoms with E-state index in [0.717, 1.165) is 19.3 Å². The standard InChI is InChI=1S/C16H20N2O4/c1-16(2,18-14(21)8-9-15(18)22)10-4-3-5-11-17-12(19)6-7-13(17)20/h6-9H,3-5,10-11H2,1-2H3. The second kappa shape index (κ2) is 6.25. The number of hydrogen-bond acceptors (Lipinski definition) is 4. The van der Waals surface area contributed by atoms with Crippen LogP contribution >= 0.6 is 0 Å². The van der Waals surface area contributed by atoms with Crippen molar-refractivity contribution in [3.8, 4) is 0 Å². The maximum atomic E-state index is 11.7. The smallest absolute Gasteiger partial charge is 0.254 e. The van der Waals surface area contributed by atoms with Gasteiger partial charge in [-0.25, -0.2) is 0 Å². The number of carbonyl (C=O) groups excluding carboxylic acids is 4. The van der Waals surface area contributed by atoms with Gasteiger partial charge in [-0.05, 0) is 26.7 Å². The Balaban J connectivity index is 1.72. The van der Waals surface area contributed by atoms with Crippen molar-refractivity contribution in [3.05, 3.63) is 24.3 Å². The summed E-state index contributed by atoms with van der Waals surface area (Å²) in [6.45, 7) is 4.15. The molecule has 118 valence electrons. The number of imide groups is 2. The van der Waals surface area contributed by atoms with Crippen LogP contribution in [0.1, 0.15) is 39.5 Å². The summed E-state index contributed by atoms with van der Waals surface area (Å²) in [5.74, 6) is -1.06. The molecular weight excluding hydrogens is 284 g/mol. The molecule has 6 nitrogen and oxygen atoms in total. The predicted molar refractivity (Wildman–Crippen MR) is 79.4 cm³/mol. The van der Waals surface area contributed by atoms with Gasteiger partial charge in [0.25, 0.3) is 23.6 Å². The molecule has 22 heavy (non-hydrogen) atoms. The van der Waals surface area contributed by atoms with Crippen LogP contribution in [0.4, 0.5) is 0 Å². The van der Waals surface area contributed by atoms with E-state index in [0.29, 0.717) is 13.0 Å². The minimum Gasteiger partial charge on any atom is -0.275 e.